The van der Waals surface area contributed by atoms with Crippen LogP contribution in [0.5, 0.6) is 0 Å². The van der Waals surface area contributed by atoms with Crippen LogP contribution in [0.3, 0.4) is 0 Å². The van der Waals surface area contributed by atoms with E-state index < -0.39 is 17.9 Å². The van der Waals surface area contributed by atoms with E-state index in [0.717, 1.165) is 57.2 Å². The number of rotatable bonds is 5. The Kier molecular flexibility index (Phi) is 26.7. The van der Waals surface area contributed by atoms with E-state index in [2.05, 4.69) is 148 Å². The number of piperazine rings is 1. The van der Waals surface area contributed by atoms with E-state index in [1.165, 1.54) is 57.6 Å². The predicted molar refractivity (Wildman–Crippen MR) is 244 cm³/mol. The smallest absolute Gasteiger partial charge is 0.793 e. The Labute approximate surface area is 401 Å². The largest absolute Gasteiger partial charge is 1.00 e. The van der Waals surface area contributed by atoms with Gasteiger partial charge in [-0.25, -0.2) is 19.4 Å². The van der Waals surface area contributed by atoms with E-state index in [-0.39, 0.29) is 78.6 Å². The molecule has 6 rings (SSSR count). The van der Waals surface area contributed by atoms with Gasteiger partial charge >= 0.3 is 55.7 Å². The summed E-state index contributed by atoms with van der Waals surface area (Å²) in [5.41, 5.74) is 3.83. The SMILES string of the molecule is CC(=O)OOC(C)=O.CC1(C)OB(c2ccc(N3CCNCC3)cc2)OC1(C)C.CC=O.CCN1CCC(c2ccc(B3OC(C)(C)C(C)(C)O3)cc2)CC1.Cl.[B-]OC(C)=O.[Na+]. The zero-order chi connectivity index (χ0) is 45.3. The van der Waals surface area contributed by atoms with Gasteiger partial charge in [-0.05, 0) is 129 Å². The van der Waals surface area contributed by atoms with Gasteiger partial charge in [0.05, 0.1) is 22.4 Å². The molecule has 0 saturated carbocycles. The molecular formula is C43H69B3ClN3NaO11. The number of nitrogens with zero attached hydrogens (tertiary/aromatic N) is 2. The quantitative estimate of drug-likeness (QED) is 0.201. The number of carbonyl (C=O) groups excluding carboxylic acids is 4. The molecule has 4 aliphatic rings. The van der Waals surface area contributed by atoms with E-state index in [0.29, 0.717) is 5.92 Å². The number of anilines is 1. The third kappa shape index (κ3) is 19.0. The molecule has 0 atom stereocenters. The first kappa shape index (κ1) is 59.6. The van der Waals surface area contributed by atoms with Gasteiger partial charge in [-0.1, -0.05) is 43.3 Å². The van der Waals surface area contributed by atoms with Crippen molar-refractivity contribution in [3.8, 4) is 0 Å². The summed E-state index contributed by atoms with van der Waals surface area (Å²) >= 11 is 0. The van der Waals surface area contributed by atoms with Gasteiger partial charge in [-0.15, -0.1) is 12.4 Å². The molecule has 4 heterocycles. The van der Waals surface area contributed by atoms with Crippen LogP contribution >= 0.6 is 12.4 Å². The molecule has 2 aromatic rings. The number of nitrogens with one attached hydrogen (secondary N) is 1. The van der Waals surface area contributed by atoms with Gasteiger partial charge in [-0.2, -0.15) is 0 Å². The van der Waals surface area contributed by atoms with Crippen molar-refractivity contribution in [2.45, 2.75) is 131 Å². The van der Waals surface area contributed by atoms with Gasteiger partial charge in [0, 0.05) is 52.6 Å². The maximum atomic E-state index is 9.85. The van der Waals surface area contributed by atoms with Crippen molar-refractivity contribution >= 4 is 75.5 Å². The van der Waals surface area contributed by atoms with Gasteiger partial charge in [0.15, 0.2) is 0 Å². The Morgan fingerprint density at radius 1 is 0.710 bits per heavy atom. The van der Waals surface area contributed by atoms with Crippen LogP contribution in [0.15, 0.2) is 48.5 Å². The van der Waals surface area contributed by atoms with Crippen molar-refractivity contribution in [2.75, 3.05) is 50.7 Å². The first-order chi connectivity index (χ1) is 28.0. The van der Waals surface area contributed by atoms with Crippen LogP contribution in [0.25, 0.3) is 0 Å². The molecule has 339 valence electrons. The van der Waals surface area contributed by atoms with Crippen molar-refractivity contribution < 1.29 is 81.8 Å². The molecule has 3 radical (unpaired) electrons. The van der Waals surface area contributed by atoms with Gasteiger partial charge in [-0.3, -0.25) is 4.79 Å². The van der Waals surface area contributed by atoms with Crippen molar-refractivity contribution in [1.29, 1.82) is 0 Å². The van der Waals surface area contributed by atoms with Crippen molar-refractivity contribution in [3.05, 3.63) is 54.1 Å². The number of likely N-dealkylation sites (tertiary alicyclic amines) is 1. The van der Waals surface area contributed by atoms with E-state index >= 15 is 0 Å². The number of carbonyl (C=O) groups is 4. The summed E-state index contributed by atoms with van der Waals surface area (Å²) in [4.78, 5) is 50.5. The summed E-state index contributed by atoms with van der Waals surface area (Å²) in [6.45, 7) is 31.8. The fourth-order valence-electron chi connectivity index (χ4n) is 6.35. The summed E-state index contributed by atoms with van der Waals surface area (Å²) in [5, 5.41) is 3.38. The molecule has 0 unspecified atom stereocenters. The van der Waals surface area contributed by atoms with Gasteiger partial charge < -0.3 is 51.2 Å². The fraction of sp³-hybridized carbons (Fsp3) is 0.628. The summed E-state index contributed by atoms with van der Waals surface area (Å²) in [7, 11) is 3.80. The second kappa shape index (κ2) is 27.8. The monoisotopic (exact) mass is 894 g/mol. The molecule has 4 fully saturated rings. The van der Waals surface area contributed by atoms with E-state index in [9.17, 15) is 14.4 Å². The molecule has 4 saturated heterocycles. The van der Waals surface area contributed by atoms with Crippen LogP contribution in [-0.2, 0) is 52.2 Å². The molecule has 2 aromatic carbocycles. The normalized spacial score (nSPS) is 19.3. The summed E-state index contributed by atoms with van der Waals surface area (Å²) < 4.78 is 28.1. The molecular weight excluding hydrogens is 825 g/mol. The van der Waals surface area contributed by atoms with Crippen molar-refractivity contribution in [1.82, 2.24) is 10.2 Å². The Morgan fingerprint density at radius 2 is 1.05 bits per heavy atom. The first-order valence-electron chi connectivity index (χ1n) is 20.7. The summed E-state index contributed by atoms with van der Waals surface area (Å²) in [6.07, 6.45) is 3.29. The molecule has 0 spiro atoms. The molecule has 0 bridgehead atoms. The minimum Gasteiger partial charge on any atom is -0.793 e. The Bertz CT molecular complexity index is 1600. The van der Waals surface area contributed by atoms with E-state index in [4.69, 9.17) is 23.4 Å². The van der Waals surface area contributed by atoms with Crippen LogP contribution in [0.1, 0.15) is 114 Å². The fourth-order valence-corrected chi connectivity index (χ4v) is 6.35. The molecule has 0 aromatic heterocycles. The zero-order valence-electron chi connectivity index (χ0n) is 39.7. The minimum atomic E-state index is -0.639. The van der Waals surface area contributed by atoms with Gasteiger partial charge in [0.1, 0.15) is 6.29 Å². The molecule has 4 aliphatic heterocycles. The van der Waals surface area contributed by atoms with Crippen molar-refractivity contribution in [2.24, 2.45) is 0 Å². The molecule has 14 nitrogen and oxygen atoms in total. The summed E-state index contributed by atoms with van der Waals surface area (Å²) in [6, 6.07) is 17.5. The molecule has 1 N–H and O–H groups in total. The van der Waals surface area contributed by atoms with E-state index in [1.807, 2.05) is 0 Å². The van der Waals surface area contributed by atoms with Gasteiger partial charge in [0.2, 0.25) is 5.97 Å². The Morgan fingerprint density at radius 3 is 1.35 bits per heavy atom. The second-order valence-electron chi connectivity index (χ2n) is 16.9. The van der Waals surface area contributed by atoms with Crippen LogP contribution in [0, 0.1) is 0 Å². The molecule has 0 amide bonds. The average Bonchev–Trinajstić information content (AvgIpc) is 3.57. The zero-order valence-corrected chi connectivity index (χ0v) is 42.5. The van der Waals surface area contributed by atoms with Crippen LogP contribution in [0.2, 0.25) is 0 Å². The number of hydrogen-bond donors (Lipinski definition) is 1. The van der Waals surface area contributed by atoms with Gasteiger partial charge in [0.25, 0.3) is 0 Å². The van der Waals surface area contributed by atoms with Crippen LogP contribution in [-0.4, -0.2) is 120 Å². The third-order valence-electron chi connectivity index (χ3n) is 11.3. The third-order valence-corrected chi connectivity index (χ3v) is 11.3. The van der Waals surface area contributed by atoms with Crippen molar-refractivity contribution in [3.63, 3.8) is 0 Å². The van der Waals surface area contributed by atoms with Crippen LogP contribution < -0.4 is 50.7 Å². The maximum absolute atomic E-state index is 9.85. The standard InChI is InChI=1S/C19H30BNO2.C16H25BN2O2.C4H6O4.C2H3BO2.C2H4O.ClH.Na/c1-6-21-13-11-16(12-14-21)15-7-9-17(10-8-15)20-22-18(2,3)19(4,5)23-20;1-15(2)16(3,4)21-17(20-15)13-5-7-14(8-6-13)19-11-9-18-10-12-19;1-3(5)7-8-4(2)6;1-2(4)5-3;1-2-3;;/h7-10,16H,6,11-14H2,1-5H3;5-8,18H,9-12H2,1-4H3;1-2H3;1H3;2H,1H3;1H;/q;;;-1;;;+1. The number of benzene rings is 2. The number of hydrogen-bond acceptors (Lipinski definition) is 14. The number of halogens is 1. The Hall–Kier alpha value is -2.44. The molecule has 19 heteroatoms. The molecule has 62 heavy (non-hydrogen) atoms. The Balaban J connectivity index is 0.000000876. The summed E-state index contributed by atoms with van der Waals surface area (Å²) in [5.74, 6) is -1.05. The first-order valence-corrected chi connectivity index (χ1v) is 20.7. The number of aldehydes is 1. The maximum Gasteiger partial charge on any atom is 1.00 e. The molecule has 0 aliphatic carbocycles. The average molecular weight is 895 g/mol. The number of piperidine rings is 1. The second-order valence-corrected chi connectivity index (χ2v) is 16.9. The predicted octanol–water partition coefficient (Wildman–Crippen LogP) is 1.87. The minimum absolute atomic E-state index is 0. The topological polar surface area (TPSA) is 151 Å². The van der Waals surface area contributed by atoms with E-state index in [1.54, 1.807) is 0 Å². The van der Waals surface area contributed by atoms with Crippen LogP contribution in [0.4, 0.5) is 5.69 Å².